The van der Waals surface area contributed by atoms with E-state index in [0.29, 0.717) is 19.0 Å². The molecule has 0 aliphatic carbocycles. The van der Waals surface area contributed by atoms with Crippen molar-refractivity contribution in [3.8, 4) is 5.75 Å². The highest BCUT2D eigenvalue weighted by Crippen LogP contribution is 2.18. The first-order valence-electron chi connectivity index (χ1n) is 10.9. The third-order valence-corrected chi connectivity index (χ3v) is 5.04. The van der Waals surface area contributed by atoms with Crippen molar-refractivity contribution in [3.63, 3.8) is 0 Å². The molecule has 0 unspecified atom stereocenters. The Hall–Kier alpha value is -3.18. The Balaban J connectivity index is 2.25. The quantitative estimate of drug-likeness (QED) is 0.397. The summed E-state index contributed by atoms with van der Waals surface area (Å²) in [5.74, 6) is -1.69. The minimum Gasteiger partial charge on any atom is -0.491 e. The molecule has 4 N–H and O–H groups in total. The Labute approximate surface area is 192 Å². The van der Waals surface area contributed by atoms with Crippen molar-refractivity contribution in [3.05, 3.63) is 29.8 Å². The average molecular weight is 465 g/mol. The predicted octanol–water partition coefficient (Wildman–Crippen LogP) is -0.954. The number of carbonyl (C=O) groups is 4. The molecule has 1 aliphatic rings. The minimum absolute atomic E-state index is 0.0107. The van der Waals surface area contributed by atoms with Crippen LogP contribution in [0.4, 0.5) is 0 Å². The van der Waals surface area contributed by atoms with Crippen LogP contribution in [0.25, 0.3) is 0 Å². The predicted molar refractivity (Wildman–Crippen MR) is 119 cm³/mol. The summed E-state index contributed by atoms with van der Waals surface area (Å²) in [7, 11) is 1.53. The Kier molecular flexibility index (Phi) is 10.6. The summed E-state index contributed by atoms with van der Waals surface area (Å²) in [6.45, 7) is 2.59. The second kappa shape index (κ2) is 13.4. The summed E-state index contributed by atoms with van der Waals surface area (Å²) in [5.41, 5.74) is 0.228. The fourth-order valence-corrected chi connectivity index (χ4v) is 3.19. The number of aliphatic hydroxyl groups is 1. The summed E-state index contributed by atoms with van der Waals surface area (Å²) in [6, 6.07) is 4.44. The first-order chi connectivity index (χ1) is 15.9. The van der Waals surface area contributed by atoms with Crippen LogP contribution in [0, 0.1) is 0 Å². The Morgan fingerprint density at radius 2 is 2.03 bits per heavy atom. The normalized spacial score (nSPS) is 20.5. The number of amides is 4. The molecule has 0 fully saturated rings. The van der Waals surface area contributed by atoms with E-state index in [1.54, 1.807) is 24.3 Å². The number of para-hydroxylation sites is 1. The third kappa shape index (κ3) is 8.03. The van der Waals surface area contributed by atoms with Crippen LogP contribution in [0.3, 0.4) is 0 Å². The van der Waals surface area contributed by atoms with Crippen molar-refractivity contribution in [2.45, 2.75) is 31.8 Å². The van der Waals surface area contributed by atoms with Crippen molar-refractivity contribution in [2.75, 3.05) is 46.6 Å². The number of benzene rings is 1. The van der Waals surface area contributed by atoms with Crippen molar-refractivity contribution < 1.29 is 33.8 Å². The highest BCUT2D eigenvalue weighted by atomic mass is 16.5. The molecule has 1 aromatic rings. The molecule has 0 spiro atoms. The van der Waals surface area contributed by atoms with Gasteiger partial charge in [-0.15, -0.1) is 0 Å². The van der Waals surface area contributed by atoms with E-state index in [4.69, 9.17) is 9.47 Å². The van der Waals surface area contributed by atoms with Crippen LogP contribution in [0.1, 0.15) is 30.1 Å². The van der Waals surface area contributed by atoms with Gasteiger partial charge in [0.1, 0.15) is 24.4 Å². The van der Waals surface area contributed by atoms with E-state index in [1.165, 1.54) is 11.9 Å². The van der Waals surface area contributed by atoms with Crippen LogP contribution in [-0.4, -0.2) is 92.3 Å². The molecule has 4 amide bonds. The highest BCUT2D eigenvalue weighted by molar-refractivity contribution is 5.99. The number of rotatable bonds is 6. The van der Waals surface area contributed by atoms with Gasteiger partial charge < -0.3 is 35.4 Å². The third-order valence-electron chi connectivity index (χ3n) is 5.04. The van der Waals surface area contributed by atoms with Crippen molar-refractivity contribution in [2.24, 2.45) is 0 Å². The summed E-state index contributed by atoms with van der Waals surface area (Å²) in [5, 5.41) is 17.4. The van der Waals surface area contributed by atoms with E-state index < -0.39 is 42.3 Å². The topological polar surface area (TPSA) is 146 Å². The van der Waals surface area contributed by atoms with E-state index in [9.17, 15) is 24.3 Å². The Morgan fingerprint density at radius 1 is 1.27 bits per heavy atom. The molecular formula is C22H32N4O7. The number of hydrogen-bond acceptors (Lipinski definition) is 7. The smallest absolute Gasteiger partial charge is 0.255 e. The number of carbonyl (C=O) groups excluding carboxylic acids is 4. The second-order valence-electron chi connectivity index (χ2n) is 7.46. The average Bonchev–Trinajstić information content (AvgIpc) is 2.82. The molecular weight excluding hydrogens is 432 g/mol. The lowest BCUT2D eigenvalue weighted by molar-refractivity contribution is -0.137. The highest BCUT2D eigenvalue weighted by Gasteiger charge is 2.27. The number of aliphatic hydroxyl groups excluding tert-OH is 1. The van der Waals surface area contributed by atoms with Gasteiger partial charge in [0.15, 0.2) is 0 Å². The lowest BCUT2D eigenvalue weighted by Gasteiger charge is -2.23. The zero-order chi connectivity index (χ0) is 24.2. The van der Waals surface area contributed by atoms with Gasteiger partial charge in [0.2, 0.25) is 17.7 Å². The molecule has 0 radical (unpaired) electrons. The first-order valence-corrected chi connectivity index (χ1v) is 10.9. The maximum absolute atomic E-state index is 12.9. The second-order valence-corrected chi connectivity index (χ2v) is 7.46. The molecule has 1 heterocycles. The molecule has 11 heteroatoms. The SMILES string of the molecule is CCOCCNC(=O)[C@@H]1CCC(=O)N[C@@H](CO)C(=O)N(C)CCOc2ccccc2C(=O)N1. The Bertz CT molecular complexity index is 833. The van der Waals surface area contributed by atoms with Gasteiger partial charge in [-0.1, -0.05) is 12.1 Å². The molecule has 1 aromatic carbocycles. The van der Waals surface area contributed by atoms with E-state index in [1.807, 2.05) is 6.92 Å². The van der Waals surface area contributed by atoms with E-state index in [2.05, 4.69) is 16.0 Å². The lowest BCUT2D eigenvalue weighted by Crippen LogP contribution is -2.51. The number of hydrogen-bond donors (Lipinski definition) is 4. The van der Waals surface area contributed by atoms with Crippen molar-refractivity contribution in [1.82, 2.24) is 20.9 Å². The van der Waals surface area contributed by atoms with Gasteiger partial charge in [-0.2, -0.15) is 0 Å². The molecule has 33 heavy (non-hydrogen) atoms. The van der Waals surface area contributed by atoms with E-state index >= 15 is 0 Å². The number of nitrogens with one attached hydrogen (secondary N) is 3. The summed E-state index contributed by atoms with van der Waals surface area (Å²) < 4.78 is 10.9. The number of fused-ring (bicyclic) bond motifs is 1. The van der Waals surface area contributed by atoms with Crippen LogP contribution < -0.4 is 20.7 Å². The van der Waals surface area contributed by atoms with Crippen LogP contribution in [0.5, 0.6) is 5.75 Å². The monoisotopic (exact) mass is 464 g/mol. The lowest BCUT2D eigenvalue weighted by atomic mass is 10.1. The van der Waals surface area contributed by atoms with Crippen molar-refractivity contribution >= 4 is 23.6 Å². The van der Waals surface area contributed by atoms with Gasteiger partial charge in [-0.3, -0.25) is 19.2 Å². The molecule has 11 nitrogen and oxygen atoms in total. The molecule has 1 aliphatic heterocycles. The van der Waals surface area contributed by atoms with Crippen LogP contribution in [-0.2, 0) is 19.1 Å². The Morgan fingerprint density at radius 3 is 2.76 bits per heavy atom. The summed E-state index contributed by atoms with van der Waals surface area (Å²) >= 11 is 0. The van der Waals surface area contributed by atoms with Crippen LogP contribution in [0.15, 0.2) is 24.3 Å². The van der Waals surface area contributed by atoms with Gasteiger partial charge in [0.25, 0.3) is 5.91 Å². The molecule has 2 rings (SSSR count). The molecule has 2 atom stereocenters. The fraction of sp³-hybridized carbons (Fsp3) is 0.545. The number of ether oxygens (including phenoxy) is 2. The van der Waals surface area contributed by atoms with Gasteiger partial charge >= 0.3 is 0 Å². The van der Waals surface area contributed by atoms with Crippen molar-refractivity contribution in [1.29, 1.82) is 0 Å². The number of nitrogens with zero attached hydrogens (tertiary/aromatic N) is 1. The molecule has 0 bridgehead atoms. The summed E-state index contributed by atoms with van der Waals surface area (Å²) in [6.07, 6.45) is -0.154. The standard InChI is InChI=1S/C22H32N4O7/c1-3-32-12-10-23-21(30)16-8-9-19(28)24-17(14-27)22(31)26(2)11-13-33-18-7-5-4-6-15(18)20(29)25-16/h4-7,16-17,27H,3,8-14H2,1-2H3,(H,23,30)(H,24,28)(H,25,29)/t16-,17-/m0/s1. The van der Waals surface area contributed by atoms with E-state index in [-0.39, 0.29) is 38.1 Å². The van der Waals surface area contributed by atoms with Crippen LogP contribution in [0.2, 0.25) is 0 Å². The first kappa shape index (κ1) is 26.1. The van der Waals surface area contributed by atoms with Gasteiger partial charge in [-0.05, 0) is 25.5 Å². The van der Waals surface area contributed by atoms with E-state index in [0.717, 1.165) is 0 Å². The molecule has 0 aromatic heterocycles. The molecule has 0 saturated carbocycles. The van der Waals surface area contributed by atoms with Gasteiger partial charge in [0, 0.05) is 26.6 Å². The van der Waals surface area contributed by atoms with Gasteiger partial charge in [0.05, 0.1) is 25.3 Å². The van der Waals surface area contributed by atoms with Crippen LogP contribution >= 0.6 is 0 Å². The minimum atomic E-state index is -1.12. The zero-order valence-corrected chi connectivity index (χ0v) is 19.0. The number of likely N-dealkylation sites (N-methyl/N-ethyl adjacent to an activating group) is 1. The summed E-state index contributed by atoms with van der Waals surface area (Å²) in [4.78, 5) is 51.9. The zero-order valence-electron chi connectivity index (χ0n) is 19.0. The molecule has 182 valence electrons. The maximum Gasteiger partial charge on any atom is 0.255 e. The maximum atomic E-state index is 12.9. The van der Waals surface area contributed by atoms with Gasteiger partial charge in [-0.25, -0.2) is 0 Å². The molecule has 0 saturated heterocycles. The fourth-order valence-electron chi connectivity index (χ4n) is 3.19. The largest absolute Gasteiger partial charge is 0.491 e.